The van der Waals surface area contributed by atoms with Crippen molar-refractivity contribution in [1.82, 2.24) is 0 Å². The van der Waals surface area contributed by atoms with Gasteiger partial charge in [-0.3, -0.25) is 6.08 Å². The van der Waals surface area contributed by atoms with Crippen LogP contribution in [-0.2, 0) is 31.3 Å². The molecule has 0 saturated carbocycles. The minimum Gasteiger partial charge on any atom is -1.00 e. The zero-order valence-corrected chi connectivity index (χ0v) is 20.1. The van der Waals surface area contributed by atoms with Crippen molar-refractivity contribution in [3.8, 4) is 0 Å². The summed E-state index contributed by atoms with van der Waals surface area (Å²) in [6.07, 6.45) is 10.0. The van der Waals surface area contributed by atoms with E-state index in [4.69, 9.17) is 5.73 Å². The van der Waals surface area contributed by atoms with Gasteiger partial charge in [-0.25, -0.2) is 12.2 Å². The second kappa shape index (κ2) is 17.5. The largest absolute Gasteiger partial charge is 4.00 e. The molecule has 0 unspecified atom stereocenters. The zero-order valence-electron chi connectivity index (χ0n) is 14.0. The molecule has 22 heavy (non-hydrogen) atoms. The fourth-order valence-electron chi connectivity index (χ4n) is 1.33. The molecule has 0 bridgehead atoms. The van der Waals surface area contributed by atoms with Crippen LogP contribution in [0.2, 0.25) is 13.1 Å². The van der Waals surface area contributed by atoms with Crippen LogP contribution >= 0.6 is 0 Å². The summed E-state index contributed by atoms with van der Waals surface area (Å²) >= 11 is 0. The fraction of sp³-hybridized carbons (Fsp3) is 0.412. The molecule has 2 radical (unpaired) electrons. The molecular formula is C17H25Cl2HfNSi. The summed E-state index contributed by atoms with van der Waals surface area (Å²) in [7, 11) is 1.08. The Morgan fingerprint density at radius 3 is 1.91 bits per heavy atom. The van der Waals surface area contributed by atoms with Crippen LogP contribution in [0, 0.1) is 6.08 Å². The van der Waals surface area contributed by atoms with Crippen molar-refractivity contribution in [2.45, 2.75) is 45.7 Å². The SMILES string of the molecule is CC(C)(C)c1cccc([NH-])c1.C[Si]C.[C-]1=CC=CC1.[Cl-].[Cl-].[Hf+4]. The molecule has 0 amide bonds. The number of halogens is 2. The Bertz CT molecular complexity index is 405. The van der Waals surface area contributed by atoms with Gasteiger partial charge >= 0.3 is 25.8 Å². The maximum absolute atomic E-state index is 7.42. The maximum atomic E-state index is 7.42. The van der Waals surface area contributed by atoms with Gasteiger partial charge in [0.15, 0.2) is 0 Å². The Kier molecular flexibility index (Phi) is 24.0. The third-order valence-electron chi connectivity index (χ3n) is 2.31. The van der Waals surface area contributed by atoms with Crippen LogP contribution in [0.1, 0.15) is 32.8 Å². The van der Waals surface area contributed by atoms with Crippen LogP contribution < -0.4 is 24.8 Å². The third kappa shape index (κ3) is 16.5. The van der Waals surface area contributed by atoms with E-state index in [2.05, 4.69) is 52.1 Å². The van der Waals surface area contributed by atoms with Gasteiger partial charge in [0, 0.05) is 9.52 Å². The smallest absolute Gasteiger partial charge is 1.00 e. The molecule has 5 heteroatoms. The van der Waals surface area contributed by atoms with Crippen molar-refractivity contribution in [3.05, 3.63) is 59.9 Å². The topological polar surface area (TPSA) is 23.8 Å². The van der Waals surface area contributed by atoms with E-state index < -0.39 is 0 Å². The third-order valence-corrected chi connectivity index (χ3v) is 2.31. The van der Waals surface area contributed by atoms with E-state index in [9.17, 15) is 0 Å². The van der Waals surface area contributed by atoms with E-state index in [0.717, 1.165) is 15.9 Å². The Labute approximate surface area is 170 Å². The van der Waals surface area contributed by atoms with Crippen molar-refractivity contribution in [1.29, 1.82) is 0 Å². The minimum atomic E-state index is 0. The Morgan fingerprint density at radius 1 is 1.14 bits per heavy atom. The van der Waals surface area contributed by atoms with Crippen LogP contribution in [0.15, 0.2) is 42.5 Å². The molecule has 0 heterocycles. The summed E-state index contributed by atoms with van der Waals surface area (Å²) in [6, 6.07) is 7.72. The van der Waals surface area contributed by atoms with E-state index >= 15 is 0 Å². The first-order valence-electron chi connectivity index (χ1n) is 6.54. The van der Waals surface area contributed by atoms with Gasteiger partial charge in [0.25, 0.3) is 0 Å². The number of rotatable bonds is 0. The normalized spacial score (nSPS) is 10.6. The van der Waals surface area contributed by atoms with Crippen molar-refractivity contribution >= 4 is 15.2 Å². The van der Waals surface area contributed by atoms with Crippen LogP contribution in [-0.4, -0.2) is 9.52 Å². The second-order valence-electron chi connectivity index (χ2n) is 5.33. The predicted octanol–water partition coefficient (Wildman–Crippen LogP) is -0.234. The molecule has 0 saturated heterocycles. The molecule has 0 atom stereocenters. The molecular weight excluding hydrogens is 496 g/mol. The summed E-state index contributed by atoms with van der Waals surface area (Å²) in [5.41, 5.74) is 9.40. The zero-order chi connectivity index (χ0) is 14.7. The molecule has 0 aromatic heterocycles. The first kappa shape index (κ1) is 30.1. The summed E-state index contributed by atoms with van der Waals surface area (Å²) in [5.74, 6) is 0. The minimum absolute atomic E-state index is 0. The van der Waals surface area contributed by atoms with E-state index in [1.54, 1.807) is 6.07 Å². The molecule has 0 aliphatic heterocycles. The number of hydrogen-bond donors (Lipinski definition) is 0. The number of hydrogen-bond acceptors (Lipinski definition) is 0. The number of benzene rings is 1. The van der Waals surface area contributed by atoms with Crippen molar-refractivity contribution in [2.75, 3.05) is 0 Å². The summed E-state index contributed by atoms with van der Waals surface area (Å²) in [6.45, 7) is 10.8. The molecule has 1 aliphatic carbocycles. The standard InChI is InChI=1S/C10H14N.C5H5.C2H6Si.2ClH.Hf/c1-10(2,3)8-5-4-6-9(11)7-8;1-2-4-5-3-1;1-3-2;;;/h4-7,11H,1-3H3;1-3H,4H2;1-2H3;2*1H;/q2*-1;;;;+4/p-2. The first-order chi connectivity index (χ1) is 8.91. The molecule has 2 rings (SSSR count). The quantitative estimate of drug-likeness (QED) is 0.333. The van der Waals surface area contributed by atoms with Crippen LogP contribution in [0.25, 0.3) is 5.73 Å². The van der Waals surface area contributed by atoms with Crippen molar-refractivity contribution in [2.24, 2.45) is 0 Å². The molecule has 1 nitrogen and oxygen atoms in total. The maximum Gasteiger partial charge on any atom is 4.00 e. The number of allylic oxidation sites excluding steroid dienone is 4. The van der Waals surface area contributed by atoms with E-state index in [1.165, 1.54) is 5.56 Å². The van der Waals surface area contributed by atoms with E-state index in [1.807, 2.05) is 24.3 Å². The molecule has 1 N–H and O–H groups in total. The fourth-order valence-corrected chi connectivity index (χ4v) is 1.33. The molecule has 0 fully saturated rings. The van der Waals surface area contributed by atoms with Crippen molar-refractivity contribution < 1.29 is 50.7 Å². The van der Waals surface area contributed by atoms with Crippen LogP contribution in [0.3, 0.4) is 0 Å². The van der Waals surface area contributed by atoms with Gasteiger partial charge in [0.1, 0.15) is 0 Å². The Balaban J connectivity index is -0.000000126. The molecule has 1 aromatic carbocycles. The van der Waals surface area contributed by atoms with Gasteiger partial charge in [-0.2, -0.15) is 6.08 Å². The van der Waals surface area contributed by atoms with Crippen LogP contribution in [0.5, 0.6) is 0 Å². The average Bonchev–Trinajstić information content (AvgIpc) is 2.87. The van der Waals surface area contributed by atoms with Gasteiger partial charge in [0.05, 0.1) is 0 Å². The van der Waals surface area contributed by atoms with Gasteiger partial charge in [-0.1, -0.05) is 58.1 Å². The molecule has 1 aliphatic rings. The summed E-state index contributed by atoms with van der Waals surface area (Å²) in [4.78, 5) is 0. The molecule has 1 aromatic rings. The molecule has 120 valence electrons. The van der Waals surface area contributed by atoms with Gasteiger partial charge in [-0.15, -0.1) is 12.1 Å². The molecule has 0 spiro atoms. The number of nitrogens with one attached hydrogen (secondary N) is 1. The first-order valence-corrected chi connectivity index (χ1v) is 8.54. The van der Waals surface area contributed by atoms with Crippen molar-refractivity contribution in [3.63, 3.8) is 0 Å². The van der Waals surface area contributed by atoms with Gasteiger partial charge in [-0.05, 0) is 11.0 Å². The summed E-state index contributed by atoms with van der Waals surface area (Å²) < 4.78 is 0. The monoisotopic (exact) mass is 521 g/mol. The van der Waals surface area contributed by atoms with E-state index in [-0.39, 0.29) is 56.1 Å². The van der Waals surface area contributed by atoms with Gasteiger partial charge in [0.2, 0.25) is 0 Å². The predicted molar refractivity (Wildman–Crippen MR) is 88.2 cm³/mol. The van der Waals surface area contributed by atoms with Crippen LogP contribution in [0.4, 0.5) is 5.69 Å². The second-order valence-corrected chi connectivity index (χ2v) is 6.33. The Hall–Kier alpha value is 0.167. The average molecular weight is 521 g/mol. The van der Waals surface area contributed by atoms with E-state index in [0.29, 0.717) is 5.69 Å². The Morgan fingerprint density at radius 2 is 1.68 bits per heavy atom. The van der Waals surface area contributed by atoms with Gasteiger partial charge < -0.3 is 30.5 Å². The summed E-state index contributed by atoms with van der Waals surface area (Å²) in [5, 5.41) is 0.